The highest BCUT2D eigenvalue weighted by atomic mass is 79.9. The zero-order valence-corrected chi connectivity index (χ0v) is 9.34. The molecule has 0 aliphatic rings. The van der Waals surface area contributed by atoms with Crippen LogP contribution in [0.25, 0.3) is 0 Å². The van der Waals surface area contributed by atoms with E-state index in [0.717, 1.165) is 4.47 Å². The number of nitrogens with two attached hydrogens (primary N) is 1. The molecule has 1 aromatic heterocycles. The Kier molecular flexibility index (Phi) is 3.39. The van der Waals surface area contributed by atoms with Crippen LogP contribution in [0.5, 0.6) is 0 Å². The molecule has 0 fully saturated rings. The normalized spacial score (nSPS) is 14.1. The van der Waals surface area contributed by atoms with Gasteiger partial charge in [-0.25, -0.2) is 0 Å². The topological polar surface area (TPSA) is 26.0 Å². The summed E-state index contributed by atoms with van der Waals surface area (Å²) in [6.07, 6.45) is -4.43. The number of hydrogen-bond acceptors (Lipinski definition) is 2. The van der Waals surface area contributed by atoms with Crippen molar-refractivity contribution in [2.24, 2.45) is 5.73 Å². The first-order valence-electron chi connectivity index (χ1n) is 3.58. The maximum atomic E-state index is 12.2. The molecule has 1 heterocycles. The Labute approximate surface area is 91.5 Å². The summed E-state index contributed by atoms with van der Waals surface area (Å²) in [5.41, 5.74) is 4.48. The Bertz CT molecular complexity index is 345. The molecule has 0 aromatic carbocycles. The monoisotopic (exact) mass is 285 g/mol. The van der Waals surface area contributed by atoms with Gasteiger partial charge in [-0.1, -0.05) is 6.58 Å². The number of alkyl halides is 3. The molecule has 2 N–H and O–H groups in total. The van der Waals surface area contributed by atoms with E-state index in [2.05, 4.69) is 22.5 Å². The van der Waals surface area contributed by atoms with Crippen LogP contribution < -0.4 is 5.73 Å². The maximum absolute atomic E-state index is 12.2. The molecule has 1 aromatic rings. The van der Waals surface area contributed by atoms with Gasteiger partial charge >= 0.3 is 6.18 Å². The fourth-order valence-electron chi connectivity index (χ4n) is 0.839. The van der Waals surface area contributed by atoms with Crippen LogP contribution in [0, 0.1) is 0 Å². The Morgan fingerprint density at radius 3 is 2.50 bits per heavy atom. The first-order valence-corrected chi connectivity index (χ1v) is 5.25. The first-order chi connectivity index (χ1) is 6.32. The van der Waals surface area contributed by atoms with Gasteiger partial charge in [0.2, 0.25) is 0 Å². The molecule has 0 aliphatic heterocycles. The predicted octanol–water partition coefficient (Wildman–Crippen LogP) is 3.63. The molecular weight excluding hydrogens is 279 g/mol. The molecule has 0 aliphatic carbocycles. The number of halogens is 4. The smallest absolute Gasteiger partial charge is 0.320 e. The van der Waals surface area contributed by atoms with Crippen LogP contribution in [-0.4, -0.2) is 6.18 Å². The van der Waals surface area contributed by atoms with E-state index in [1.165, 1.54) is 11.3 Å². The Morgan fingerprint density at radius 2 is 2.14 bits per heavy atom. The van der Waals surface area contributed by atoms with Crippen LogP contribution in [0.1, 0.15) is 10.9 Å². The summed E-state index contributed by atoms with van der Waals surface area (Å²) in [6, 6.07) is 0.387. The highest BCUT2D eigenvalue weighted by Crippen LogP contribution is 2.35. The lowest BCUT2D eigenvalue weighted by Gasteiger charge is -2.15. The Morgan fingerprint density at radius 1 is 1.57 bits per heavy atom. The molecule has 1 unspecified atom stereocenters. The average Bonchev–Trinajstić information content (AvgIpc) is 2.47. The van der Waals surface area contributed by atoms with Crippen molar-refractivity contribution in [2.45, 2.75) is 12.2 Å². The Balaban J connectivity index is 2.86. The third-order valence-corrected chi connectivity index (χ3v) is 3.41. The fraction of sp³-hybridized carbons (Fsp3) is 0.250. The van der Waals surface area contributed by atoms with Crippen molar-refractivity contribution in [3.05, 3.63) is 32.9 Å². The van der Waals surface area contributed by atoms with E-state index in [4.69, 9.17) is 5.73 Å². The van der Waals surface area contributed by atoms with E-state index < -0.39 is 17.8 Å². The van der Waals surface area contributed by atoms with E-state index in [0.29, 0.717) is 4.88 Å². The van der Waals surface area contributed by atoms with Gasteiger partial charge in [-0.2, -0.15) is 13.2 Å². The summed E-state index contributed by atoms with van der Waals surface area (Å²) in [6.45, 7) is 2.95. The summed E-state index contributed by atoms with van der Waals surface area (Å²) >= 11 is 4.31. The van der Waals surface area contributed by atoms with Crippen molar-refractivity contribution in [2.75, 3.05) is 0 Å². The van der Waals surface area contributed by atoms with Crippen molar-refractivity contribution in [3.8, 4) is 0 Å². The van der Waals surface area contributed by atoms with Gasteiger partial charge in [-0.3, -0.25) is 0 Å². The SMILES string of the molecule is C=C(C(N)c1cc(Br)cs1)C(F)(F)F. The van der Waals surface area contributed by atoms with E-state index in [1.54, 1.807) is 11.4 Å². The lowest BCUT2D eigenvalue weighted by Crippen LogP contribution is -2.22. The minimum Gasteiger partial charge on any atom is -0.320 e. The van der Waals surface area contributed by atoms with E-state index >= 15 is 0 Å². The van der Waals surface area contributed by atoms with Gasteiger partial charge in [0, 0.05) is 20.3 Å². The second-order valence-corrected chi connectivity index (χ2v) is 4.53. The molecule has 0 radical (unpaired) electrons. The minimum atomic E-state index is -4.43. The highest BCUT2D eigenvalue weighted by molar-refractivity contribution is 9.10. The van der Waals surface area contributed by atoms with E-state index in [-0.39, 0.29) is 0 Å². The molecule has 1 nitrogen and oxygen atoms in total. The molecule has 78 valence electrons. The van der Waals surface area contributed by atoms with Gasteiger partial charge in [0.05, 0.1) is 6.04 Å². The van der Waals surface area contributed by atoms with Crippen LogP contribution >= 0.6 is 27.3 Å². The van der Waals surface area contributed by atoms with E-state index in [1.807, 2.05) is 0 Å². The predicted molar refractivity (Wildman–Crippen MR) is 54.1 cm³/mol. The van der Waals surface area contributed by atoms with Gasteiger partial charge in [0.1, 0.15) is 0 Å². The highest BCUT2D eigenvalue weighted by Gasteiger charge is 2.36. The molecular formula is C8H7BrF3NS. The van der Waals surface area contributed by atoms with E-state index in [9.17, 15) is 13.2 Å². The van der Waals surface area contributed by atoms with Crippen LogP contribution in [0.3, 0.4) is 0 Å². The Hall–Kier alpha value is -0.330. The van der Waals surface area contributed by atoms with Crippen molar-refractivity contribution in [3.63, 3.8) is 0 Å². The standard InChI is InChI=1S/C8H7BrF3NS/c1-4(8(10,11)12)7(13)6-2-5(9)3-14-6/h2-3,7H,1,13H2. The van der Waals surface area contributed by atoms with Crippen molar-refractivity contribution < 1.29 is 13.2 Å². The van der Waals surface area contributed by atoms with Gasteiger partial charge in [0.15, 0.2) is 0 Å². The number of rotatable bonds is 2. The second-order valence-electron chi connectivity index (χ2n) is 2.67. The van der Waals surface area contributed by atoms with Crippen molar-refractivity contribution >= 4 is 27.3 Å². The quantitative estimate of drug-likeness (QED) is 0.825. The molecule has 0 spiro atoms. The van der Waals surface area contributed by atoms with Gasteiger partial charge in [0.25, 0.3) is 0 Å². The van der Waals surface area contributed by atoms with Crippen molar-refractivity contribution in [1.29, 1.82) is 0 Å². The number of hydrogen-bond donors (Lipinski definition) is 1. The van der Waals surface area contributed by atoms with Crippen LogP contribution in [0.15, 0.2) is 28.1 Å². The third-order valence-electron chi connectivity index (χ3n) is 1.63. The third kappa shape index (κ3) is 2.59. The lowest BCUT2D eigenvalue weighted by atomic mass is 10.1. The summed E-state index contributed by atoms with van der Waals surface area (Å²) in [4.78, 5) is 0.444. The van der Waals surface area contributed by atoms with Gasteiger partial charge in [-0.15, -0.1) is 11.3 Å². The van der Waals surface area contributed by atoms with Crippen molar-refractivity contribution in [1.82, 2.24) is 0 Å². The maximum Gasteiger partial charge on any atom is 0.413 e. The molecule has 14 heavy (non-hydrogen) atoms. The zero-order valence-electron chi connectivity index (χ0n) is 6.94. The minimum absolute atomic E-state index is 0.444. The summed E-state index contributed by atoms with van der Waals surface area (Å²) in [7, 11) is 0. The summed E-state index contributed by atoms with van der Waals surface area (Å²) < 4.78 is 37.3. The van der Waals surface area contributed by atoms with Crippen LogP contribution in [0.2, 0.25) is 0 Å². The number of thiophene rings is 1. The molecule has 1 atom stereocenters. The zero-order chi connectivity index (χ0) is 10.9. The van der Waals surface area contributed by atoms with Crippen LogP contribution in [0.4, 0.5) is 13.2 Å². The molecule has 0 saturated heterocycles. The largest absolute Gasteiger partial charge is 0.413 e. The fourth-order valence-corrected chi connectivity index (χ4v) is 2.32. The molecule has 6 heteroatoms. The molecule has 0 amide bonds. The molecule has 0 bridgehead atoms. The summed E-state index contributed by atoms with van der Waals surface area (Å²) in [5.74, 6) is 0. The first kappa shape index (κ1) is 11.7. The van der Waals surface area contributed by atoms with Crippen LogP contribution in [-0.2, 0) is 0 Å². The summed E-state index contributed by atoms with van der Waals surface area (Å²) in [5, 5.41) is 1.68. The van der Waals surface area contributed by atoms with Gasteiger partial charge < -0.3 is 5.73 Å². The van der Waals surface area contributed by atoms with Gasteiger partial charge in [-0.05, 0) is 22.0 Å². The molecule has 0 saturated carbocycles. The lowest BCUT2D eigenvalue weighted by molar-refractivity contribution is -0.0951. The second kappa shape index (κ2) is 4.04. The average molecular weight is 286 g/mol. The molecule has 1 rings (SSSR count).